The molecule has 1 aromatic rings. The molecule has 1 unspecified atom stereocenters. The fourth-order valence-corrected chi connectivity index (χ4v) is 4.07. The smallest absolute Gasteiger partial charge is 0.247 e. The van der Waals surface area contributed by atoms with Crippen LogP contribution in [0.25, 0.3) is 0 Å². The molecule has 7 heteroatoms. The van der Waals surface area contributed by atoms with Crippen molar-refractivity contribution in [3.05, 3.63) is 30.3 Å². The Morgan fingerprint density at radius 2 is 1.75 bits per heavy atom. The Kier molecular flexibility index (Phi) is 3.53. The van der Waals surface area contributed by atoms with Crippen molar-refractivity contribution in [2.45, 2.75) is 30.8 Å². The summed E-state index contributed by atoms with van der Waals surface area (Å²) in [6.07, 6.45) is 1.51. The van der Waals surface area contributed by atoms with Gasteiger partial charge in [0.05, 0.1) is 19.1 Å². The zero-order valence-electron chi connectivity index (χ0n) is 13.3. The highest BCUT2D eigenvalue weighted by molar-refractivity contribution is 6.05. The van der Waals surface area contributed by atoms with Gasteiger partial charge in [-0.1, -0.05) is 18.2 Å². The Bertz CT molecular complexity index is 682. The molecule has 3 aliphatic rings. The highest BCUT2D eigenvalue weighted by Crippen LogP contribution is 2.36. The van der Waals surface area contributed by atoms with Crippen LogP contribution in [0, 0.1) is 0 Å². The Labute approximate surface area is 140 Å². The van der Waals surface area contributed by atoms with Crippen LogP contribution in [0.3, 0.4) is 0 Å². The molecule has 4 rings (SSSR count). The third-order valence-electron chi connectivity index (χ3n) is 5.41. The summed E-state index contributed by atoms with van der Waals surface area (Å²) in [6.45, 7) is 1.76. The van der Waals surface area contributed by atoms with Crippen molar-refractivity contribution < 1.29 is 14.4 Å². The van der Waals surface area contributed by atoms with E-state index in [1.165, 1.54) is 0 Å². The van der Waals surface area contributed by atoms with Gasteiger partial charge in [-0.05, 0) is 25.0 Å². The number of nitrogens with one attached hydrogen (secondary N) is 2. The molecule has 1 spiro atoms. The summed E-state index contributed by atoms with van der Waals surface area (Å²) in [5, 5.41) is 5.32. The van der Waals surface area contributed by atoms with Crippen LogP contribution in [0.1, 0.15) is 19.3 Å². The Balaban J connectivity index is 1.53. The molecule has 1 aromatic carbocycles. The molecule has 24 heavy (non-hydrogen) atoms. The number of hydrogen-bond donors (Lipinski definition) is 2. The molecular weight excluding hydrogens is 308 g/mol. The standard InChI is InChI=1S/C17H20N4O3/c22-14-10-13(15(23)19-14)20-8-6-17(7-9-20)16(24)18-11-21(17)12-4-2-1-3-5-12/h1-5,13H,6-11H2,(H,18,24)(H,19,22,23). The van der Waals surface area contributed by atoms with Gasteiger partial charge in [-0.15, -0.1) is 0 Å². The molecule has 0 aliphatic carbocycles. The van der Waals surface area contributed by atoms with Crippen molar-refractivity contribution in [2.24, 2.45) is 0 Å². The van der Waals surface area contributed by atoms with Gasteiger partial charge in [0.2, 0.25) is 17.7 Å². The molecule has 3 heterocycles. The maximum atomic E-state index is 12.6. The number of para-hydroxylation sites is 1. The van der Waals surface area contributed by atoms with Gasteiger partial charge in [0.25, 0.3) is 0 Å². The number of nitrogens with zero attached hydrogens (tertiary/aromatic N) is 2. The number of hydrogen-bond acceptors (Lipinski definition) is 5. The van der Waals surface area contributed by atoms with Gasteiger partial charge in [-0.3, -0.25) is 24.6 Å². The van der Waals surface area contributed by atoms with E-state index in [4.69, 9.17) is 0 Å². The minimum atomic E-state index is -0.559. The first-order valence-electron chi connectivity index (χ1n) is 8.29. The predicted octanol–water partition coefficient (Wildman–Crippen LogP) is -0.170. The first-order chi connectivity index (χ1) is 11.6. The van der Waals surface area contributed by atoms with Gasteiger partial charge >= 0.3 is 0 Å². The van der Waals surface area contributed by atoms with Crippen LogP contribution in [0.15, 0.2) is 30.3 Å². The number of rotatable bonds is 2. The lowest BCUT2D eigenvalue weighted by molar-refractivity contribution is -0.127. The fourth-order valence-electron chi connectivity index (χ4n) is 4.07. The summed E-state index contributed by atoms with van der Waals surface area (Å²) in [6, 6.07) is 9.53. The van der Waals surface area contributed by atoms with Crippen LogP contribution in [0.5, 0.6) is 0 Å². The van der Waals surface area contributed by atoms with Crippen LogP contribution in [-0.2, 0) is 14.4 Å². The van der Waals surface area contributed by atoms with Crippen molar-refractivity contribution in [1.82, 2.24) is 15.5 Å². The molecule has 0 saturated carbocycles. The number of likely N-dealkylation sites (tertiary alicyclic amines) is 1. The molecule has 1 atom stereocenters. The summed E-state index contributed by atoms with van der Waals surface area (Å²) in [5.41, 5.74) is 0.467. The van der Waals surface area contributed by atoms with Gasteiger partial charge in [-0.25, -0.2) is 0 Å². The van der Waals surface area contributed by atoms with Crippen molar-refractivity contribution in [1.29, 1.82) is 0 Å². The number of benzene rings is 1. The summed E-state index contributed by atoms with van der Waals surface area (Å²) < 4.78 is 0. The molecule has 2 N–H and O–H groups in total. The van der Waals surface area contributed by atoms with Crippen molar-refractivity contribution in [3.63, 3.8) is 0 Å². The molecule has 0 bridgehead atoms. The molecule has 3 saturated heterocycles. The largest absolute Gasteiger partial charge is 0.339 e. The van der Waals surface area contributed by atoms with E-state index in [1.54, 1.807) is 0 Å². The normalized spacial score (nSPS) is 26.8. The zero-order chi connectivity index (χ0) is 16.7. The first kappa shape index (κ1) is 15.1. The van der Waals surface area contributed by atoms with Crippen LogP contribution in [0.2, 0.25) is 0 Å². The number of anilines is 1. The molecule has 3 aliphatic heterocycles. The SMILES string of the molecule is O=C1CC(N2CCC3(CC2)C(=O)NCN3c2ccccc2)C(=O)N1. The Morgan fingerprint density at radius 3 is 2.38 bits per heavy atom. The molecule has 3 fully saturated rings. The van der Waals surface area contributed by atoms with Gasteiger partial charge in [-0.2, -0.15) is 0 Å². The van der Waals surface area contributed by atoms with Crippen molar-refractivity contribution in [3.8, 4) is 0 Å². The van der Waals surface area contributed by atoms with Crippen LogP contribution >= 0.6 is 0 Å². The van der Waals surface area contributed by atoms with E-state index in [0.717, 1.165) is 5.69 Å². The predicted molar refractivity (Wildman–Crippen MR) is 87.0 cm³/mol. The van der Waals surface area contributed by atoms with E-state index in [1.807, 2.05) is 35.2 Å². The van der Waals surface area contributed by atoms with Crippen LogP contribution in [0.4, 0.5) is 5.69 Å². The average Bonchev–Trinajstić information content (AvgIpc) is 3.09. The summed E-state index contributed by atoms with van der Waals surface area (Å²) >= 11 is 0. The average molecular weight is 328 g/mol. The molecule has 0 radical (unpaired) electrons. The number of piperidine rings is 1. The minimum Gasteiger partial charge on any atom is -0.339 e. The fraction of sp³-hybridized carbons (Fsp3) is 0.471. The maximum absolute atomic E-state index is 12.6. The lowest BCUT2D eigenvalue weighted by Crippen LogP contribution is -2.58. The van der Waals surface area contributed by atoms with E-state index < -0.39 is 5.54 Å². The highest BCUT2D eigenvalue weighted by Gasteiger charge is 2.51. The van der Waals surface area contributed by atoms with E-state index in [-0.39, 0.29) is 30.2 Å². The summed E-state index contributed by atoms with van der Waals surface area (Å²) in [5.74, 6) is -0.375. The second-order valence-corrected chi connectivity index (χ2v) is 6.63. The number of carbonyl (C=O) groups excluding carboxylic acids is 3. The third kappa shape index (κ3) is 2.27. The summed E-state index contributed by atoms with van der Waals surface area (Å²) in [4.78, 5) is 40.0. The molecule has 7 nitrogen and oxygen atoms in total. The van der Waals surface area contributed by atoms with E-state index >= 15 is 0 Å². The molecule has 126 valence electrons. The third-order valence-corrected chi connectivity index (χ3v) is 5.41. The van der Waals surface area contributed by atoms with Gasteiger partial charge in [0.15, 0.2) is 0 Å². The Hall–Kier alpha value is -2.41. The van der Waals surface area contributed by atoms with Crippen LogP contribution < -0.4 is 15.5 Å². The minimum absolute atomic E-state index is 0.0537. The number of carbonyl (C=O) groups is 3. The van der Waals surface area contributed by atoms with Crippen molar-refractivity contribution in [2.75, 3.05) is 24.7 Å². The quantitative estimate of drug-likeness (QED) is 0.737. The topological polar surface area (TPSA) is 81.8 Å². The van der Waals surface area contributed by atoms with Crippen molar-refractivity contribution >= 4 is 23.4 Å². The lowest BCUT2D eigenvalue weighted by atomic mass is 9.85. The zero-order valence-corrected chi connectivity index (χ0v) is 13.3. The molecule has 3 amide bonds. The highest BCUT2D eigenvalue weighted by atomic mass is 16.2. The number of amides is 3. The molecule has 0 aromatic heterocycles. The van der Waals surface area contributed by atoms with E-state index in [0.29, 0.717) is 32.6 Å². The van der Waals surface area contributed by atoms with E-state index in [2.05, 4.69) is 15.5 Å². The molecular formula is C17H20N4O3. The monoisotopic (exact) mass is 328 g/mol. The first-order valence-corrected chi connectivity index (χ1v) is 8.29. The van der Waals surface area contributed by atoms with Gasteiger partial charge in [0.1, 0.15) is 5.54 Å². The number of imide groups is 1. The lowest BCUT2D eigenvalue weighted by Gasteiger charge is -2.44. The Morgan fingerprint density at radius 1 is 1.04 bits per heavy atom. The second-order valence-electron chi connectivity index (χ2n) is 6.63. The second kappa shape index (κ2) is 5.59. The maximum Gasteiger partial charge on any atom is 0.247 e. The van der Waals surface area contributed by atoms with Gasteiger partial charge < -0.3 is 10.2 Å². The van der Waals surface area contributed by atoms with E-state index in [9.17, 15) is 14.4 Å². The van der Waals surface area contributed by atoms with Gasteiger partial charge in [0, 0.05) is 18.8 Å². The van der Waals surface area contributed by atoms with Crippen LogP contribution in [-0.4, -0.2) is 54.0 Å². The summed E-state index contributed by atoms with van der Waals surface area (Å²) in [7, 11) is 0.